The number of nitrogens with zero attached hydrogens (tertiary/aromatic N) is 1. The predicted octanol–water partition coefficient (Wildman–Crippen LogP) is 1.85. The third-order valence-electron chi connectivity index (χ3n) is 3.97. The number of hydrogen-bond acceptors (Lipinski definition) is 3. The Bertz CT molecular complexity index is 470. The molecule has 102 valence electrons. The maximum Gasteiger partial charge on any atom is 0.323 e. The zero-order valence-electron chi connectivity index (χ0n) is 10.9. The van der Waals surface area contributed by atoms with Gasteiger partial charge in [0.1, 0.15) is 6.04 Å². The molecule has 2 aliphatic rings. The van der Waals surface area contributed by atoms with Gasteiger partial charge in [-0.25, -0.2) is 0 Å². The number of carboxylic acids is 1. The molecule has 4 nitrogen and oxygen atoms in total. The Labute approximate surface area is 113 Å². The molecule has 1 N–H and O–H groups in total. The van der Waals surface area contributed by atoms with Gasteiger partial charge in [0.25, 0.3) is 0 Å². The van der Waals surface area contributed by atoms with Crippen LogP contribution in [0.3, 0.4) is 0 Å². The van der Waals surface area contributed by atoms with Crippen LogP contribution in [-0.2, 0) is 16.1 Å². The van der Waals surface area contributed by atoms with Gasteiger partial charge in [0, 0.05) is 13.1 Å². The van der Waals surface area contributed by atoms with E-state index in [9.17, 15) is 9.90 Å². The summed E-state index contributed by atoms with van der Waals surface area (Å²) in [5, 5.41) is 9.26. The highest BCUT2D eigenvalue weighted by molar-refractivity contribution is 5.73. The summed E-state index contributed by atoms with van der Waals surface area (Å²) in [7, 11) is 0. The molecule has 2 fully saturated rings. The number of benzene rings is 1. The summed E-state index contributed by atoms with van der Waals surface area (Å²) in [6.45, 7) is 2.32. The van der Waals surface area contributed by atoms with Crippen LogP contribution in [0.4, 0.5) is 0 Å². The third-order valence-corrected chi connectivity index (χ3v) is 3.97. The SMILES string of the molecule is O=C(O)C1COCCN1Cc1ccccc1C1CC1. The highest BCUT2D eigenvalue weighted by atomic mass is 16.5. The fourth-order valence-corrected chi connectivity index (χ4v) is 2.74. The van der Waals surface area contributed by atoms with Gasteiger partial charge in [-0.15, -0.1) is 0 Å². The second-order valence-electron chi connectivity index (χ2n) is 5.37. The lowest BCUT2D eigenvalue weighted by Gasteiger charge is -2.33. The molecule has 1 aliphatic carbocycles. The normalized spacial score (nSPS) is 24.3. The second kappa shape index (κ2) is 5.31. The molecule has 4 heteroatoms. The Hall–Kier alpha value is -1.39. The average Bonchev–Trinajstić information content (AvgIpc) is 3.24. The molecule has 1 saturated heterocycles. The van der Waals surface area contributed by atoms with E-state index in [1.54, 1.807) is 0 Å². The van der Waals surface area contributed by atoms with Gasteiger partial charge in [0.05, 0.1) is 13.2 Å². The van der Waals surface area contributed by atoms with Gasteiger partial charge in [0.2, 0.25) is 0 Å². The molecule has 1 unspecified atom stereocenters. The Kier molecular flexibility index (Phi) is 3.53. The van der Waals surface area contributed by atoms with Crippen molar-refractivity contribution in [3.05, 3.63) is 35.4 Å². The highest BCUT2D eigenvalue weighted by Gasteiger charge is 2.31. The first-order valence-electron chi connectivity index (χ1n) is 6.88. The van der Waals surface area contributed by atoms with E-state index >= 15 is 0 Å². The zero-order chi connectivity index (χ0) is 13.2. The van der Waals surface area contributed by atoms with E-state index in [0.717, 1.165) is 0 Å². The van der Waals surface area contributed by atoms with E-state index in [-0.39, 0.29) is 0 Å². The number of rotatable bonds is 4. The number of ether oxygens (including phenoxy) is 1. The van der Waals surface area contributed by atoms with E-state index in [2.05, 4.69) is 18.2 Å². The van der Waals surface area contributed by atoms with E-state index in [4.69, 9.17) is 4.74 Å². The van der Waals surface area contributed by atoms with Gasteiger partial charge >= 0.3 is 5.97 Å². The van der Waals surface area contributed by atoms with Gasteiger partial charge in [-0.3, -0.25) is 9.69 Å². The monoisotopic (exact) mass is 261 g/mol. The number of aliphatic carboxylic acids is 1. The van der Waals surface area contributed by atoms with E-state index < -0.39 is 12.0 Å². The Morgan fingerprint density at radius 1 is 1.37 bits per heavy atom. The van der Waals surface area contributed by atoms with E-state index in [1.807, 2.05) is 11.0 Å². The fraction of sp³-hybridized carbons (Fsp3) is 0.533. The van der Waals surface area contributed by atoms with Crippen LogP contribution in [0.1, 0.15) is 29.9 Å². The van der Waals surface area contributed by atoms with Crippen molar-refractivity contribution in [1.29, 1.82) is 0 Å². The standard InChI is InChI=1S/C15H19NO3/c17-15(18)14-10-19-8-7-16(14)9-12-3-1-2-4-13(12)11-5-6-11/h1-4,11,14H,5-10H2,(H,17,18). The number of carboxylic acid groups (broad SMARTS) is 1. The molecule has 0 amide bonds. The molecular formula is C15H19NO3. The maximum absolute atomic E-state index is 11.3. The molecule has 3 rings (SSSR count). The maximum atomic E-state index is 11.3. The van der Waals surface area contributed by atoms with Crippen LogP contribution in [0.5, 0.6) is 0 Å². The number of carbonyl (C=O) groups is 1. The average molecular weight is 261 g/mol. The highest BCUT2D eigenvalue weighted by Crippen LogP contribution is 2.41. The fourth-order valence-electron chi connectivity index (χ4n) is 2.74. The van der Waals surface area contributed by atoms with Crippen LogP contribution in [0.15, 0.2) is 24.3 Å². The lowest BCUT2D eigenvalue weighted by atomic mass is 10.0. The summed E-state index contributed by atoms with van der Waals surface area (Å²) in [5.74, 6) is -0.0934. The third kappa shape index (κ3) is 2.80. The van der Waals surface area contributed by atoms with Crippen molar-refractivity contribution in [2.45, 2.75) is 31.3 Å². The summed E-state index contributed by atoms with van der Waals surface area (Å²) in [4.78, 5) is 13.3. The van der Waals surface area contributed by atoms with Crippen molar-refractivity contribution in [1.82, 2.24) is 4.90 Å². The smallest absolute Gasteiger partial charge is 0.323 e. The topological polar surface area (TPSA) is 49.8 Å². The van der Waals surface area contributed by atoms with Crippen LogP contribution in [0.2, 0.25) is 0 Å². The molecule has 0 radical (unpaired) electrons. The molecule has 1 atom stereocenters. The van der Waals surface area contributed by atoms with Crippen LogP contribution >= 0.6 is 0 Å². The van der Waals surface area contributed by atoms with Gasteiger partial charge in [-0.2, -0.15) is 0 Å². The Balaban J connectivity index is 1.77. The van der Waals surface area contributed by atoms with Crippen LogP contribution in [-0.4, -0.2) is 41.8 Å². The quantitative estimate of drug-likeness (QED) is 0.898. The second-order valence-corrected chi connectivity index (χ2v) is 5.37. The van der Waals surface area contributed by atoms with Gasteiger partial charge in [-0.05, 0) is 29.9 Å². The van der Waals surface area contributed by atoms with Crippen molar-refractivity contribution >= 4 is 5.97 Å². The van der Waals surface area contributed by atoms with E-state index in [0.29, 0.717) is 32.2 Å². The zero-order valence-corrected chi connectivity index (χ0v) is 10.9. The molecule has 1 heterocycles. The molecule has 1 aliphatic heterocycles. The number of morpholine rings is 1. The minimum absolute atomic E-state index is 0.293. The molecule has 0 spiro atoms. The molecule has 1 aromatic rings. The Morgan fingerprint density at radius 3 is 2.89 bits per heavy atom. The summed E-state index contributed by atoms with van der Waals surface area (Å²) in [5.41, 5.74) is 2.68. The first-order chi connectivity index (χ1) is 9.25. The largest absolute Gasteiger partial charge is 0.480 e. The van der Waals surface area contributed by atoms with Gasteiger partial charge in [0.15, 0.2) is 0 Å². The number of hydrogen-bond donors (Lipinski definition) is 1. The Morgan fingerprint density at radius 2 is 2.16 bits per heavy atom. The van der Waals surface area contributed by atoms with Crippen LogP contribution < -0.4 is 0 Å². The van der Waals surface area contributed by atoms with Crippen molar-refractivity contribution < 1.29 is 14.6 Å². The molecular weight excluding hydrogens is 242 g/mol. The van der Waals surface area contributed by atoms with Crippen molar-refractivity contribution in [3.8, 4) is 0 Å². The summed E-state index contributed by atoms with van der Waals surface area (Å²) in [6, 6.07) is 7.91. The van der Waals surface area contributed by atoms with Crippen molar-refractivity contribution in [2.75, 3.05) is 19.8 Å². The lowest BCUT2D eigenvalue weighted by molar-refractivity contribution is -0.150. The van der Waals surface area contributed by atoms with Gasteiger partial charge in [-0.1, -0.05) is 24.3 Å². The molecule has 0 bridgehead atoms. The molecule has 19 heavy (non-hydrogen) atoms. The van der Waals surface area contributed by atoms with Crippen LogP contribution in [0, 0.1) is 0 Å². The van der Waals surface area contributed by atoms with Crippen molar-refractivity contribution in [3.63, 3.8) is 0 Å². The molecule has 1 saturated carbocycles. The first-order valence-corrected chi connectivity index (χ1v) is 6.88. The summed E-state index contributed by atoms with van der Waals surface area (Å²) < 4.78 is 5.28. The minimum Gasteiger partial charge on any atom is -0.480 e. The molecule has 1 aromatic carbocycles. The first kappa shape index (κ1) is 12.6. The van der Waals surface area contributed by atoms with E-state index in [1.165, 1.54) is 24.0 Å². The van der Waals surface area contributed by atoms with Gasteiger partial charge < -0.3 is 9.84 Å². The van der Waals surface area contributed by atoms with Crippen molar-refractivity contribution in [2.24, 2.45) is 0 Å². The minimum atomic E-state index is -0.788. The summed E-state index contributed by atoms with van der Waals surface area (Å²) in [6.07, 6.45) is 2.53. The predicted molar refractivity (Wildman–Crippen MR) is 71.1 cm³/mol. The van der Waals surface area contributed by atoms with Crippen LogP contribution in [0.25, 0.3) is 0 Å². The molecule has 0 aromatic heterocycles. The lowest BCUT2D eigenvalue weighted by Crippen LogP contribution is -2.49. The summed E-state index contributed by atoms with van der Waals surface area (Å²) >= 11 is 0.